The van der Waals surface area contributed by atoms with E-state index in [-0.39, 0.29) is 11.3 Å². The minimum Gasteiger partial charge on any atom is -0.493 e. The minimum atomic E-state index is -0.603. The summed E-state index contributed by atoms with van der Waals surface area (Å²) in [6.45, 7) is 1.82. The van der Waals surface area contributed by atoms with E-state index in [0.717, 1.165) is 20.1 Å². The van der Waals surface area contributed by atoms with Crippen molar-refractivity contribution in [1.29, 1.82) is 0 Å². The summed E-state index contributed by atoms with van der Waals surface area (Å²) in [6, 6.07) is 8.66. The number of allylic oxidation sites excluding steroid dienone is 1. The number of carbonyl (C=O) groups is 2. The van der Waals surface area contributed by atoms with Gasteiger partial charge in [0.1, 0.15) is 0 Å². The summed E-state index contributed by atoms with van der Waals surface area (Å²) in [7, 11) is 4.19. The van der Waals surface area contributed by atoms with Gasteiger partial charge in [-0.25, -0.2) is 4.79 Å². The molecule has 0 aromatic heterocycles. The fourth-order valence-corrected chi connectivity index (χ4v) is 3.08. The van der Waals surface area contributed by atoms with E-state index in [0.29, 0.717) is 11.5 Å². The van der Waals surface area contributed by atoms with Gasteiger partial charge in [-0.1, -0.05) is 6.07 Å². The van der Waals surface area contributed by atoms with Gasteiger partial charge in [0.25, 0.3) is 0 Å². The smallest absolute Gasteiger partial charge is 0.340 e. The van der Waals surface area contributed by atoms with Crippen LogP contribution in [0.4, 0.5) is 5.69 Å². The third-order valence-corrected chi connectivity index (χ3v) is 5.79. The van der Waals surface area contributed by atoms with Crippen LogP contribution in [0.5, 0.6) is 11.5 Å². The monoisotopic (exact) mass is 511 g/mol. The Morgan fingerprint density at radius 1 is 0.964 bits per heavy atom. The summed E-state index contributed by atoms with van der Waals surface area (Å²) in [5, 5.41) is 2.71. The van der Waals surface area contributed by atoms with Crippen LogP contribution in [0, 0.1) is 0 Å². The Balaban J connectivity index is 2.36. The lowest BCUT2D eigenvalue weighted by molar-refractivity contribution is -0.111. The first-order chi connectivity index (χ1) is 13.3. The number of carbonyl (C=O) groups excluding carboxylic acids is 2. The molecule has 6 nitrogen and oxygen atoms in total. The number of anilines is 1. The Labute approximate surface area is 180 Å². The third kappa shape index (κ3) is 5.14. The van der Waals surface area contributed by atoms with E-state index in [4.69, 9.17) is 14.2 Å². The molecule has 0 saturated heterocycles. The highest BCUT2D eigenvalue weighted by atomic mass is 79.9. The summed E-state index contributed by atoms with van der Waals surface area (Å²) < 4.78 is 17.1. The van der Waals surface area contributed by atoms with Gasteiger partial charge in [-0.15, -0.1) is 0 Å². The minimum absolute atomic E-state index is 0.158. The lowest BCUT2D eigenvalue weighted by Gasteiger charge is -2.14. The Morgan fingerprint density at radius 2 is 1.61 bits per heavy atom. The van der Waals surface area contributed by atoms with Crippen molar-refractivity contribution in [3.63, 3.8) is 0 Å². The van der Waals surface area contributed by atoms with Crippen molar-refractivity contribution in [1.82, 2.24) is 0 Å². The molecule has 0 radical (unpaired) electrons. The number of methoxy groups -OCH3 is 3. The summed E-state index contributed by atoms with van der Waals surface area (Å²) in [4.78, 5) is 24.6. The van der Waals surface area contributed by atoms with E-state index >= 15 is 0 Å². The van der Waals surface area contributed by atoms with E-state index in [1.807, 2.05) is 25.1 Å². The molecule has 148 valence electrons. The van der Waals surface area contributed by atoms with Crippen molar-refractivity contribution in [3.8, 4) is 11.5 Å². The number of rotatable bonds is 6. The molecular formula is C20H19Br2NO5. The van der Waals surface area contributed by atoms with Gasteiger partial charge < -0.3 is 19.5 Å². The van der Waals surface area contributed by atoms with Gasteiger partial charge in [-0.3, -0.25) is 4.79 Å². The van der Waals surface area contributed by atoms with E-state index in [9.17, 15) is 9.59 Å². The topological polar surface area (TPSA) is 73.9 Å². The molecule has 0 aliphatic carbocycles. The second-order valence-electron chi connectivity index (χ2n) is 5.69. The van der Waals surface area contributed by atoms with Gasteiger partial charge in [0.15, 0.2) is 11.5 Å². The molecule has 0 saturated carbocycles. The van der Waals surface area contributed by atoms with Crippen LogP contribution < -0.4 is 14.8 Å². The maximum atomic E-state index is 12.5. The lowest BCUT2D eigenvalue weighted by Crippen LogP contribution is -2.14. The molecule has 2 aromatic rings. The molecule has 2 aromatic carbocycles. The van der Waals surface area contributed by atoms with Gasteiger partial charge in [0.05, 0.1) is 32.6 Å². The molecule has 0 bridgehead atoms. The number of ether oxygens (including phenoxy) is 3. The van der Waals surface area contributed by atoms with E-state index < -0.39 is 11.9 Å². The summed E-state index contributed by atoms with van der Waals surface area (Å²) >= 11 is 6.86. The highest BCUT2D eigenvalue weighted by Crippen LogP contribution is 2.34. The number of hydrogen-bond donors (Lipinski definition) is 1. The summed E-state index contributed by atoms with van der Waals surface area (Å²) in [5.74, 6) is -0.266. The zero-order valence-electron chi connectivity index (χ0n) is 15.8. The Morgan fingerprint density at radius 3 is 2.18 bits per heavy atom. The van der Waals surface area contributed by atoms with Crippen LogP contribution in [0.1, 0.15) is 22.8 Å². The third-order valence-electron chi connectivity index (χ3n) is 3.91. The van der Waals surface area contributed by atoms with Gasteiger partial charge in [-0.2, -0.15) is 0 Å². The first-order valence-electron chi connectivity index (χ1n) is 8.09. The molecular weight excluding hydrogens is 494 g/mol. The average Bonchev–Trinajstić information content (AvgIpc) is 2.68. The van der Waals surface area contributed by atoms with Crippen molar-refractivity contribution in [3.05, 3.63) is 56.5 Å². The molecule has 0 heterocycles. The van der Waals surface area contributed by atoms with E-state index in [1.54, 1.807) is 0 Å². The van der Waals surface area contributed by atoms with Crippen LogP contribution in [-0.2, 0) is 9.53 Å². The molecule has 0 unspecified atom stereocenters. The maximum Gasteiger partial charge on any atom is 0.340 e. The molecule has 28 heavy (non-hydrogen) atoms. The highest BCUT2D eigenvalue weighted by molar-refractivity contribution is 9.13. The molecule has 0 aliphatic heterocycles. The first kappa shape index (κ1) is 22.0. The second kappa shape index (κ2) is 9.75. The molecule has 1 amide bonds. The summed E-state index contributed by atoms with van der Waals surface area (Å²) in [5.41, 5.74) is 2.05. The highest BCUT2D eigenvalue weighted by Gasteiger charge is 2.18. The molecule has 0 atom stereocenters. The van der Waals surface area contributed by atoms with Crippen LogP contribution in [0.2, 0.25) is 0 Å². The second-order valence-corrected chi connectivity index (χ2v) is 7.40. The van der Waals surface area contributed by atoms with Crippen LogP contribution in [0.25, 0.3) is 5.57 Å². The van der Waals surface area contributed by atoms with Crippen molar-refractivity contribution >= 4 is 55.0 Å². The zero-order valence-corrected chi connectivity index (χ0v) is 18.9. The molecule has 8 heteroatoms. The van der Waals surface area contributed by atoms with Crippen molar-refractivity contribution in [2.45, 2.75) is 6.92 Å². The molecule has 0 aliphatic rings. The van der Waals surface area contributed by atoms with E-state index in [1.165, 1.54) is 39.5 Å². The Bertz CT molecular complexity index is 940. The largest absolute Gasteiger partial charge is 0.493 e. The Hall–Kier alpha value is -2.32. The average molecular weight is 513 g/mol. The number of halogens is 2. The maximum absolute atomic E-state index is 12.5. The van der Waals surface area contributed by atoms with Gasteiger partial charge in [0.2, 0.25) is 5.91 Å². The van der Waals surface area contributed by atoms with E-state index in [2.05, 4.69) is 37.2 Å². The van der Waals surface area contributed by atoms with Crippen molar-refractivity contribution in [2.24, 2.45) is 0 Å². The lowest BCUT2D eigenvalue weighted by atomic mass is 10.1. The van der Waals surface area contributed by atoms with Crippen molar-refractivity contribution in [2.75, 3.05) is 26.6 Å². The van der Waals surface area contributed by atoms with Gasteiger partial charge >= 0.3 is 5.97 Å². The van der Waals surface area contributed by atoms with Crippen LogP contribution in [-0.4, -0.2) is 33.2 Å². The first-order valence-corrected chi connectivity index (χ1v) is 9.68. The van der Waals surface area contributed by atoms with Crippen LogP contribution in [0.15, 0.2) is 45.4 Å². The fourth-order valence-electron chi connectivity index (χ4n) is 2.45. The number of hydrogen-bond acceptors (Lipinski definition) is 5. The standard InChI is InChI=1S/C20H19Br2NO5/c1-11(12-5-6-14(21)15(22)8-12)7-19(24)23-16-10-18(27-3)17(26-2)9-13(16)20(25)28-4/h5-10H,1-4H3,(H,23,24). The molecule has 2 rings (SSSR count). The number of esters is 1. The van der Waals surface area contributed by atoms with Gasteiger partial charge in [-0.05, 0) is 62.1 Å². The van der Waals surface area contributed by atoms with Crippen molar-refractivity contribution < 1.29 is 23.8 Å². The fraction of sp³-hybridized carbons (Fsp3) is 0.200. The number of nitrogens with one attached hydrogen (secondary N) is 1. The molecule has 1 N–H and O–H groups in total. The predicted molar refractivity (Wildman–Crippen MR) is 115 cm³/mol. The SMILES string of the molecule is COC(=O)c1cc(OC)c(OC)cc1NC(=O)C=C(C)c1ccc(Br)c(Br)c1. The van der Waals surface area contributed by atoms with Crippen LogP contribution in [0.3, 0.4) is 0 Å². The Kier molecular flexibility index (Phi) is 7.65. The van der Waals surface area contributed by atoms with Gasteiger partial charge in [0, 0.05) is 27.2 Å². The molecule has 0 spiro atoms. The summed E-state index contributed by atoms with van der Waals surface area (Å²) in [6.07, 6.45) is 1.45. The molecule has 0 fully saturated rings. The number of amides is 1. The normalized spacial score (nSPS) is 11.0. The predicted octanol–water partition coefficient (Wildman–Crippen LogP) is 5.06. The van der Waals surface area contributed by atoms with Crippen LogP contribution >= 0.6 is 31.9 Å². The number of benzene rings is 2. The zero-order chi connectivity index (χ0) is 20.8. The quantitative estimate of drug-likeness (QED) is 0.432.